The molecule has 0 saturated carbocycles. The number of nitrogens with zero attached hydrogens (tertiary/aromatic N) is 2. The maximum atomic E-state index is 12.0. The molecule has 0 aliphatic heterocycles. The van der Waals surface area contributed by atoms with Crippen LogP contribution >= 0.6 is 0 Å². The van der Waals surface area contributed by atoms with Crippen molar-refractivity contribution in [3.8, 4) is 0 Å². The van der Waals surface area contributed by atoms with Crippen molar-refractivity contribution in [2.45, 2.75) is 69.2 Å². The third-order valence-corrected chi connectivity index (χ3v) is 4.99. The molecule has 0 unspecified atom stereocenters. The van der Waals surface area contributed by atoms with Crippen LogP contribution in [0.2, 0.25) is 0 Å². The Morgan fingerprint density at radius 1 is 0.541 bits per heavy atom. The van der Waals surface area contributed by atoms with Crippen molar-refractivity contribution < 1.29 is 29.2 Å². The Kier molecular flexibility index (Phi) is 28.0. The molecule has 0 aliphatic carbocycles. The van der Waals surface area contributed by atoms with E-state index in [0.29, 0.717) is 52.9 Å². The van der Waals surface area contributed by atoms with E-state index in [2.05, 4.69) is 0 Å². The van der Waals surface area contributed by atoms with E-state index in [4.69, 9.17) is 18.9 Å². The first kappa shape index (κ1) is 41.5. The molecule has 0 atom stereocenters. The Balaban J connectivity index is -0.000000608. The van der Waals surface area contributed by atoms with Crippen molar-refractivity contribution in [2.75, 3.05) is 79.0 Å². The molecule has 0 N–H and O–H groups in total. The van der Waals surface area contributed by atoms with Gasteiger partial charge >= 0.3 is 45.5 Å². The average molecular weight is 604 g/mol. The molecular weight excluding hydrogens is 548 g/mol. The van der Waals surface area contributed by atoms with Crippen LogP contribution in [0.25, 0.3) is 0 Å². The fraction of sp³-hybridized carbons (Fsp3) is 0.857. The zero-order valence-corrected chi connectivity index (χ0v) is 29.2. The molecule has 0 spiro atoms. The average Bonchev–Trinajstić information content (AvgIpc) is 2.78. The number of ether oxygens (including phenoxy) is 4. The fourth-order valence-corrected chi connectivity index (χ4v) is 2.51. The summed E-state index contributed by atoms with van der Waals surface area (Å²) in [6, 6.07) is 0. The van der Waals surface area contributed by atoms with Gasteiger partial charge in [-0.25, -0.2) is 0 Å². The summed E-state index contributed by atoms with van der Waals surface area (Å²) in [5.41, 5.74) is -0.676. The molecule has 9 heteroatoms. The van der Waals surface area contributed by atoms with Crippen LogP contribution in [-0.4, -0.2) is 134 Å². The maximum Gasteiger partial charge on any atom is 2.00 e. The molecule has 0 saturated heterocycles. The SMILES string of the molecule is CCOCCN(/C=C(\[O-])C(C)(C)C)CCOCC.CCOCCN(/C=C(\[O-])C(C)(C)C)CCOCC.[Sr+2]. The summed E-state index contributed by atoms with van der Waals surface area (Å²) in [7, 11) is 0. The van der Waals surface area contributed by atoms with E-state index in [-0.39, 0.29) is 67.8 Å². The molecule has 0 rings (SSSR count). The van der Waals surface area contributed by atoms with E-state index < -0.39 is 0 Å². The van der Waals surface area contributed by atoms with Gasteiger partial charge in [0.2, 0.25) is 0 Å². The zero-order valence-electron chi connectivity index (χ0n) is 25.7. The molecule has 0 aromatic rings. The van der Waals surface area contributed by atoms with Crippen LogP contribution in [0.1, 0.15) is 69.2 Å². The fourth-order valence-electron chi connectivity index (χ4n) is 2.51. The molecule has 0 fully saturated rings. The van der Waals surface area contributed by atoms with E-state index in [1.165, 1.54) is 0 Å². The summed E-state index contributed by atoms with van der Waals surface area (Å²) in [5.74, 6) is 0.269. The topological polar surface area (TPSA) is 89.5 Å². The first-order chi connectivity index (χ1) is 16.8. The standard InChI is InChI=1S/2C14H29NO3.Sr/c2*1-6-17-10-8-15(9-11-18-7-2)12-13(16)14(3,4)5;/h2*12,16H,6-11H2,1-5H3;/q;;+2/p-2/b2*13-12-;. The normalized spacial score (nSPS) is 12.5. The number of allylic oxidation sites excluding steroid dienone is 2. The van der Waals surface area contributed by atoms with Crippen LogP contribution in [0.15, 0.2) is 23.9 Å². The van der Waals surface area contributed by atoms with Gasteiger partial charge in [0, 0.05) is 52.6 Å². The minimum absolute atomic E-state index is 0. The summed E-state index contributed by atoms with van der Waals surface area (Å²) in [6.07, 6.45) is 3.38. The van der Waals surface area contributed by atoms with Gasteiger partial charge in [0.05, 0.1) is 26.4 Å². The van der Waals surface area contributed by atoms with Gasteiger partial charge in [-0.2, -0.15) is 0 Å². The van der Waals surface area contributed by atoms with E-state index in [1.807, 2.05) is 79.0 Å². The van der Waals surface area contributed by atoms with Crippen molar-refractivity contribution in [3.05, 3.63) is 23.9 Å². The van der Waals surface area contributed by atoms with E-state index in [0.717, 1.165) is 26.2 Å². The molecule has 8 nitrogen and oxygen atoms in total. The van der Waals surface area contributed by atoms with Gasteiger partial charge < -0.3 is 39.0 Å². The maximum absolute atomic E-state index is 12.0. The largest absolute Gasteiger partial charge is 2.00 e. The van der Waals surface area contributed by atoms with Gasteiger partial charge in [-0.05, 0) is 50.9 Å². The van der Waals surface area contributed by atoms with Gasteiger partial charge in [0.1, 0.15) is 0 Å². The van der Waals surface area contributed by atoms with Crippen molar-refractivity contribution in [1.29, 1.82) is 0 Å². The van der Waals surface area contributed by atoms with Crippen LogP contribution < -0.4 is 10.2 Å². The van der Waals surface area contributed by atoms with Gasteiger partial charge in [-0.15, -0.1) is 11.5 Å². The van der Waals surface area contributed by atoms with Gasteiger partial charge in [0.15, 0.2) is 0 Å². The third-order valence-electron chi connectivity index (χ3n) is 4.99. The molecule has 216 valence electrons. The summed E-state index contributed by atoms with van der Waals surface area (Å²) in [5, 5.41) is 23.9. The molecule has 0 heterocycles. The van der Waals surface area contributed by atoms with Crippen LogP contribution in [-0.2, 0) is 18.9 Å². The quantitative estimate of drug-likeness (QED) is 0.134. The molecular formula is C28H56N2O6Sr. The number of rotatable bonds is 18. The molecule has 0 amide bonds. The zero-order chi connectivity index (χ0) is 28.0. The minimum atomic E-state index is -0.338. The molecule has 0 aromatic carbocycles. The Hall–Kier alpha value is 0.000519. The van der Waals surface area contributed by atoms with Crippen molar-refractivity contribution in [3.63, 3.8) is 0 Å². The molecule has 0 aromatic heterocycles. The van der Waals surface area contributed by atoms with E-state index in [1.54, 1.807) is 12.4 Å². The predicted octanol–water partition coefficient (Wildman–Crippen LogP) is 2.84. The second kappa shape index (κ2) is 25.0. The van der Waals surface area contributed by atoms with Gasteiger partial charge in [0.25, 0.3) is 0 Å². The third kappa shape index (κ3) is 26.0. The summed E-state index contributed by atoms with van der Waals surface area (Å²) in [4.78, 5) is 3.97. The number of hydrogen-bond donors (Lipinski definition) is 0. The minimum Gasteiger partial charge on any atom is -0.874 e. The monoisotopic (exact) mass is 604 g/mol. The van der Waals surface area contributed by atoms with Crippen molar-refractivity contribution in [1.82, 2.24) is 9.80 Å². The Morgan fingerprint density at radius 3 is 0.919 bits per heavy atom. The Morgan fingerprint density at radius 2 is 0.757 bits per heavy atom. The van der Waals surface area contributed by atoms with Gasteiger partial charge in [-0.1, -0.05) is 41.5 Å². The first-order valence-corrected chi connectivity index (χ1v) is 13.4. The molecule has 37 heavy (non-hydrogen) atoms. The summed E-state index contributed by atoms with van der Waals surface area (Å²) < 4.78 is 21.3. The second-order valence-electron chi connectivity index (χ2n) is 10.3. The summed E-state index contributed by atoms with van der Waals surface area (Å²) in [6.45, 7) is 27.7. The van der Waals surface area contributed by atoms with Crippen molar-refractivity contribution in [2.24, 2.45) is 10.8 Å². The summed E-state index contributed by atoms with van der Waals surface area (Å²) >= 11 is 0. The van der Waals surface area contributed by atoms with Crippen LogP contribution in [0, 0.1) is 10.8 Å². The van der Waals surface area contributed by atoms with Crippen LogP contribution in [0.5, 0.6) is 0 Å². The Bertz CT molecular complexity index is 504. The first-order valence-electron chi connectivity index (χ1n) is 13.4. The predicted molar refractivity (Wildman–Crippen MR) is 150 cm³/mol. The smallest absolute Gasteiger partial charge is 0.874 e. The van der Waals surface area contributed by atoms with Gasteiger partial charge in [-0.3, -0.25) is 0 Å². The van der Waals surface area contributed by atoms with Crippen LogP contribution in [0.4, 0.5) is 0 Å². The van der Waals surface area contributed by atoms with Crippen molar-refractivity contribution >= 4 is 45.5 Å². The number of hydrogen-bond acceptors (Lipinski definition) is 8. The molecule has 0 aliphatic rings. The molecule has 0 bridgehead atoms. The van der Waals surface area contributed by atoms with E-state index in [9.17, 15) is 10.2 Å². The van der Waals surface area contributed by atoms with E-state index >= 15 is 0 Å². The van der Waals surface area contributed by atoms with Crippen LogP contribution in [0.3, 0.4) is 0 Å². The second-order valence-corrected chi connectivity index (χ2v) is 10.3. The molecule has 0 radical (unpaired) electrons. The Labute approximate surface area is 265 Å².